The molecule has 4 amide bonds. The molecule has 0 aromatic heterocycles. The summed E-state index contributed by atoms with van der Waals surface area (Å²) < 4.78 is 23.9. The molecule has 2 heterocycles. The number of fused-ring (bicyclic) bond motifs is 4. The van der Waals surface area contributed by atoms with Gasteiger partial charge >= 0.3 is 0 Å². The van der Waals surface area contributed by atoms with Crippen molar-refractivity contribution in [3.8, 4) is 23.0 Å². The third-order valence-corrected chi connectivity index (χ3v) is 10.6. The predicted molar refractivity (Wildman–Crippen MR) is 232 cm³/mol. The van der Waals surface area contributed by atoms with Crippen molar-refractivity contribution in [2.24, 2.45) is 4.99 Å². The summed E-state index contributed by atoms with van der Waals surface area (Å²) in [5, 5.41) is 11.8. The quantitative estimate of drug-likeness (QED) is 0.0609. The van der Waals surface area contributed by atoms with Gasteiger partial charge in [0.1, 0.15) is 25.3 Å². The number of aliphatic imine (C=N–C) groups is 1. The molecule has 3 atom stereocenters. The Morgan fingerprint density at radius 3 is 2.22 bits per heavy atom. The number of anilines is 3. The summed E-state index contributed by atoms with van der Waals surface area (Å²) in [7, 11) is 3.08. The maximum Gasteiger partial charge on any atom is 0.260 e. The number of aryl methyl sites for hydroxylation is 1. The van der Waals surface area contributed by atoms with Gasteiger partial charge in [-0.2, -0.15) is 0 Å². The van der Waals surface area contributed by atoms with Crippen molar-refractivity contribution in [1.82, 2.24) is 10.6 Å². The molecule has 2 unspecified atom stereocenters. The van der Waals surface area contributed by atoms with Gasteiger partial charge in [-0.05, 0) is 99.0 Å². The monoisotopic (exact) mass is 818 g/mol. The Morgan fingerprint density at radius 1 is 0.867 bits per heavy atom. The number of methoxy groups -OCH3 is 2. The number of amides is 4. The van der Waals surface area contributed by atoms with Gasteiger partial charge in [-0.1, -0.05) is 38.0 Å². The zero-order chi connectivity index (χ0) is 42.9. The van der Waals surface area contributed by atoms with E-state index in [1.165, 1.54) is 7.11 Å². The minimum atomic E-state index is -0.929. The fraction of sp³-hybridized carbons (Fsp3) is 0.370. The van der Waals surface area contributed by atoms with Crippen LogP contribution in [0.1, 0.15) is 79.1 Å². The number of nitrogens with zero attached hydrogens (tertiary/aromatic N) is 2. The highest BCUT2D eigenvalue weighted by molar-refractivity contribution is 6.12. The van der Waals surface area contributed by atoms with Crippen LogP contribution < -0.4 is 45.1 Å². The summed E-state index contributed by atoms with van der Waals surface area (Å²) in [6.07, 6.45) is 3.74. The van der Waals surface area contributed by atoms with E-state index in [-0.39, 0.29) is 31.1 Å². The van der Waals surface area contributed by atoms with Crippen molar-refractivity contribution in [3.63, 3.8) is 0 Å². The van der Waals surface area contributed by atoms with Gasteiger partial charge in [0.2, 0.25) is 17.7 Å². The minimum absolute atomic E-state index is 0.0311. The molecule has 0 fully saturated rings. The van der Waals surface area contributed by atoms with Crippen LogP contribution in [-0.2, 0) is 34.0 Å². The van der Waals surface area contributed by atoms with E-state index < -0.39 is 23.9 Å². The van der Waals surface area contributed by atoms with Crippen LogP contribution in [0.2, 0.25) is 0 Å². The van der Waals surface area contributed by atoms with E-state index in [2.05, 4.69) is 46.0 Å². The molecule has 0 bridgehead atoms. The molecule has 6 rings (SSSR count). The standard InChI is InChI=1S/C46H54N6O8/c1-8-9-10-15-43(53)49-28(3)44(54)50-29(4)45(55)51-33-18-30(25-59-41-22-36(47-5)27(2)16-39(41)57-6)17-31(19-33)26-60-42-23-37-35(21-40(42)58-7)46(56)52-34(24-48-37)20-32-13-11-12-14-38(32)52/h11-14,16-19,21-23,28-29,34,48H,5,8-10,15,20,24-26H2,1-4,6-7H3,(H,49,53)(H,50,54)(H,51,55)/t28-,29?,34?/m0/s1. The second-order valence-electron chi connectivity index (χ2n) is 15.1. The van der Waals surface area contributed by atoms with Crippen LogP contribution in [-0.4, -0.2) is 69.2 Å². The molecular weight excluding hydrogens is 765 g/mol. The first kappa shape index (κ1) is 43.0. The molecular formula is C46H54N6O8. The molecule has 60 heavy (non-hydrogen) atoms. The van der Waals surface area contributed by atoms with Crippen molar-refractivity contribution in [2.45, 2.75) is 91.1 Å². The van der Waals surface area contributed by atoms with E-state index in [0.717, 1.165) is 42.5 Å². The van der Waals surface area contributed by atoms with Crippen LogP contribution >= 0.6 is 0 Å². The lowest BCUT2D eigenvalue weighted by Crippen LogP contribution is -2.50. The Kier molecular flexibility index (Phi) is 13.9. The van der Waals surface area contributed by atoms with Gasteiger partial charge in [-0.25, -0.2) is 0 Å². The van der Waals surface area contributed by atoms with Crippen LogP contribution in [0.5, 0.6) is 23.0 Å². The highest BCUT2D eigenvalue weighted by atomic mass is 16.5. The number of unbranched alkanes of at least 4 members (excludes halogenated alkanes) is 2. The Bertz CT molecular complexity index is 2260. The number of rotatable bonds is 18. The predicted octanol–water partition coefficient (Wildman–Crippen LogP) is 7.03. The number of para-hydroxylation sites is 1. The molecule has 0 saturated heterocycles. The van der Waals surface area contributed by atoms with Gasteiger partial charge in [-0.15, -0.1) is 0 Å². The Labute approximate surface area is 351 Å². The highest BCUT2D eigenvalue weighted by Crippen LogP contribution is 2.41. The fourth-order valence-electron chi connectivity index (χ4n) is 7.40. The number of carbonyl (C=O) groups excluding carboxylic acids is 4. The number of carbonyl (C=O) groups is 4. The lowest BCUT2D eigenvalue weighted by Gasteiger charge is -2.22. The number of nitrogens with one attached hydrogen (secondary N) is 4. The summed E-state index contributed by atoms with van der Waals surface area (Å²) >= 11 is 0. The molecule has 4 N–H and O–H groups in total. The molecule has 0 aliphatic carbocycles. The lowest BCUT2D eigenvalue weighted by atomic mass is 10.1. The fourth-order valence-corrected chi connectivity index (χ4v) is 7.40. The molecule has 14 heteroatoms. The Hall–Kier alpha value is -6.57. The van der Waals surface area contributed by atoms with Crippen molar-refractivity contribution in [1.29, 1.82) is 0 Å². The van der Waals surface area contributed by atoms with Gasteiger partial charge in [0.15, 0.2) is 23.0 Å². The van der Waals surface area contributed by atoms with E-state index in [9.17, 15) is 19.2 Å². The molecule has 316 valence electrons. The molecule has 0 spiro atoms. The van der Waals surface area contributed by atoms with Crippen molar-refractivity contribution >= 4 is 53.1 Å². The SMILES string of the molecule is C=Nc1cc(OCc2cc(COc3cc4c(cc3OC)C(=O)N3c5ccccc5CC3CN4)cc(NC(=O)C(C)NC(=O)[C@H](C)NC(=O)CCCCC)c2)c(OC)cc1C. The third-order valence-electron chi connectivity index (χ3n) is 10.6. The average molecular weight is 819 g/mol. The van der Waals surface area contributed by atoms with Crippen LogP contribution in [0.4, 0.5) is 22.7 Å². The van der Waals surface area contributed by atoms with Gasteiger partial charge in [0.05, 0.1) is 37.2 Å². The summed E-state index contributed by atoms with van der Waals surface area (Å²) in [4.78, 5) is 58.6. The molecule has 2 aliphatic heterocycles. The van der Waals surface area contributed by atoms with Crippen LogP contribution in [0.25, 0.3) is 0 Å². The van der Waals surface area contributed by atoms with E-state index in [4.69, 9.17) is 18.9 Å². The normalized spacial score (nSPS) is 14.9. The smallest absolute Gasteiger partial charge is 0.260 e. The molecule has 14 nitrogen and oxygen atoms in total. The highest BCUT2D eigenvalue weighted by Gasteiger charge is 2.37. The van der Waals surface area contributed by atoms with E-state index in [0.29, 0.717) is 69.7 Å². The number of ether oxygens (including phenoxy) is 4. The van der Waals surface area contributed by atoms with Gasteiger partial charge in [0, 0.05) is 36.5 Å². The Morgan fingerprint density at radius 2 is 1.53 bits per heavy atom. The first-order chi connectivity index (χ1) is 28.9. The molecule has 4 aromatic rings. The zero-order valence-electron chi connectivity index (χ0n) is 35.1. The summed E-state index contributed by atoms with van der Waals surface area (Å²) in [5.74, 6) is 0.516. The largest absolute Gasteiger partial charge is 0.493 e. The van der Waals surface area contributed by atoms with Gasteiger partial charge in [0.25, 0.3) is 5.91 Å². The minimum Gasteiger partial charge on any atom is -0.493 e. The number of benzene rings is 4. The van der Waals surface area contributed by atoms with E-state index in [1.807, 2.05) is 42.2 Å². The van der Waals surface area contributed by atoms with Crippen molar-refractivity contribution in [2.75, 3.05) is 36.3 Å². The van der Waals surface area contributed by atoms with Crippen LogP contribution in [0.3, 0.4) is 0 Å². The summed E-state index contributed by atoms with van der Waals surface area (Å²) in [5.41, 5.74) is 6.52. The third kappa shape index (κ3) is 9.99. The summed E-state index contributed by atoms with van der Waals surface area (Å²) in [6, 6.07) is 18.7. The van der Waals surface area contributed by atoms with E-state index >= 15 is 0 Å². The summed E-state index contributed by atoms with van der Waals surface area (Å²) in [6.45, 7) is 11.5. The topological polar surface area (TPSA) is 169 Å². The number of hydrogen-bond donors (Lipinski definition) is 4. The second kappa shape index (κ2) is 19.5. The Balaban J connectivity index is 1.21. The van der Waals surface area contributed by atoms with Crippen molar-refractivity contribution < 1.29 is 38.1 Å². The maximum atomic E-state index is 14.0. The van der Waals surface area contributed by atoms with Gasteiger partial charge < -0.3 is 45.1 Å². The first-order valence-corrected chi connectivity index (χ1v) is 20.2. The second-order valence-corrected chi connectivity index (χ2v) is 15.1. The molecule has 0 radical (unpaired) electrons. The molecule has 2 aliphatic rings. The van der Waals surface area contributed by atoms with Crippen LogP contribution in [0.15, 0.2) is 71.7 Å². The van der Waals surface area contributed by atoms with Gasteiger partial charge in [-0.3, -0.25) is 24.2 Å². The van der Waals surface area contributed by atoms with Crippen LogP contribution in [0, 0.1) is 6.92 Å². The van der Waals surface area contributed by atoms with E-state index in [1.54, 1.807) is 51.3 Å². The van der Waals surface area contributed by atoms with Crippen molar-refractivity contribution in [3.05, 3.63) is 94.5 Å². The maximum absolute atomic E-state index is 14.0. The molecule has 0 saturated carbocycles. The first-order valence-electron chi connectivity index (χ1n) is 20.2. The molecule has 4 aromatic carbocycles. The zero-order valence-corrected chi connectivity index (χ0v) is 35.1. The number of hydrogen-bond acceptors (Lipinski definition) is 10. The lowest BCUT2D eigenvalue weighted by molar-refractivity contribution is -0.130. The average Bonchev–Trinajstić information content (AvgIpc) is 3.56.